The number of carbonyl (C=O) groups is 1. The molecule has 2 amide bonds. The molecule has 2 N–H and O–H groups in total. The van der Waals surface area contributed by atoms with Crippen molar-refractivity contribution in [3.63, 3.8) is 0 Å². The predicted octanol–water partition coefficient (Wildman–Crippen LogP) is 0.943. The number of aromatic nitrogens is 3. The third kappa shape index (κ3) is 4.87. The second kappa shape index (κ2) is 8.70. The summed E-state index contributed by atoms with van der Waals surface area (Å²) in [6.07, 6.45) is 8.16. The standard InChI is InChI=1S/C18H32N6O2/c1-22(2)12-13-24-18(26)23-11-10-15(8-9-16(23)21-24)20-17(25)19-14-6-4-3-5-7-14/h14-15H,3-13H2,1-2H3,(H2,19,20,25). The van der Waals surface area contributed by atoms with E-state index in [1.807, 2.05) is 19.0 Å². The number of fused-ring (bicyclic) bond motifs is 1. The summed E-state index contributed by atoms with van der Waals surface area (Å²) < 4.78 is 3.34. The summed E-state index contributed by atoms with van der Waals surface area (Å²) in [5.41, 5.74) is -0.0332. The number of aryl methyl sites for hydroxylation is 1. The van der Waals surface area contributed by atoms with E-state index in [0.717, 1.165) is 44.5 Å². The minimum Gasteiger partial charge on any atom is -0.335 e. The highest BCUT2D eigenvalue weighted by Gasteiger charge is 2.23. The molecule has 26 heavy (non-hydrogen) atoms. The molecule has 2 aliphatic rings. The molecule has 2 heterocycles. The number of likely N-dealkylation sites (N-methyl/N-ethyl adjacent to an activating group) is 1. The summed E-state index contributed by atoms with van der Waals surface area (Å²) in [5, 5.41) is 10.7. The minimum absolute atomic E-state index is 0.0332. The Kier molecular flexibility index (Phi) is 6.34. The summed E-state index contributed by atoms with van der Waals surface area (Å²) in [6, 6.07) is 0.341. The van der Waals surface area contributed by atoms with Crippen LogP contribution < -0.4 is 16.3 Å². The Hall–Kier alpha value is -1.83. The maximum Gasteiger partial charge on any atom is 0.345 e. The Morgan fingerprint density at radius 2 is 1.81 bits per heavy atom. The van der Waals surface area contributed by atoms with Crippen molar-refractivity contribution in [2.45, 2.75) is 76.5 Å². The highest BCUT2D eigenvalue weighted by molar-refractivity contribution is 5.74. The van der Waals surface area contributed by atoms with Crippen molar-refractivity contribution in [2.75, 3.05) is 20.6 Å². The highest BCUT2D eigenvalue weighted by atomic mass is 16.2. The molecule has 1 unspecified atom stereocenters. The molecule has 1 atom stereocenters. The molecule has 8 heteroatoms. The summed E-state index contributed by atoms with van der Waals surface area (Å²) in [6.45, 7) is 2.02. The fourth-order valence-corrected chi connectivity index (χ4v) is 3.87. The molecule has 0 radical (unpaired) electrons. The predicted molar refractivity (Wildman–Crippen MR) is 100 cm³/mol. The van der Waals surface area contributed by atoms with Gasteiger partial charge in [-0.25, -0.2) is 14.3 Å². The van der Waals surface area contributed by atoms with E-state index in [0.29, 0.717) is 19.1 Å². The van der Waals surface area contributed by atoms with Crippen LogP contribution in [-0.4, -0.2) is 58.0 Å². The van der Waals surface area contributed by atoms with Crippen LogP contribution >= 0.6 is 0 Å². The van der Waals surface area contributed by atoms with Gasteiger partial charge in [-0.2, -0.15) is 5.10 Å². The van der Waals surface area contributed by atoms with Gasteiger partial charge in [0.1, 0.15) is 5.82 Å². The number of urea groups is 1. The molecule has 1 saturated carbocycles. The third-order valence-corrected chi connectivity index (χ3v) is 5.45. The molecule has 1 fully saturated rings. The largest absolute Gasteiger partial charge is 0.345 e. The number of amides is 2. The van der Waals surface area contributed by atoms with Gasteiger partial charge in [-0.1, -0.05) is 19.3 Å². The van der Waals surface area contributed by atoms with E-state index in [-0.39, 0.29) is 17.8 Å². The Morgan fingerprint density at radius 1 is 1.12 bits per heavy atom. The molecule has 1 aliphatic carbocycles. The van der Waals surface area contributed by atoms with Gasteiger partial charge in [0.25, 0.3) is 0 Å². The van der Waals surface area contributed by atoms with Crippen molar-refractivity contribution >= 4 is 6.03 Å². The van der Waals surface area contributed by atoms with Gasteiger partial charge in [-0.15, -0.1) is 0 Å². The first kappa shape index (κ1) is 18.9. The molecule has 0 spiro atoms. The number of hydrogen-bond acceptors (Lipinski definition) is 4. The Balaban J connectivity index is 1.52. The maximum absolute atomic E-state index is 12.5. The number of rotatable bonds is 5. The fraction of sp³-hybridized carbons (Fsp3) is 0.833. The topological polar surface area (TPSA) is 84.2 Å². The molecule has 8 nitrogen and oxygen atoms in total. The van der Waals surface area contributed by atoms with Crippen LogP contribution in [0.1, 0.15) is 50.8 Å². The summed E-state index contributed by atoms with van der Waals surface area (Å²) in [4.78, 5) is 26.8. The minimum atomic E-state index is -0.0650. The normalized spacial score (nSPS) is 21.3. The second-order valence-electron chi connectivity index (χ2n) is 7.85. The SMILES string of the molecule is CN(C)CCn1nc2n(c1=O)CCC(NC(=O)NC1CCCCC1)CC2. The lowest BCUT2D eigenvalue weighted by atomic mass is 9.96. The fourth-order valence-electron chi connectivity index (χ4n) is 3.87. The smallest absolute Gasteiger partial charge is 0.335 e. The van der Waals surface area contributed by atoms with Gasteiger partial charge >= 0.3 is 11.7 Å². The first-order valence-corrected chi connectivity index (χ1v) is 9.91. The van der Waals surface area contributed by atoms with Crippen molar-refractivity contribution in [3.05, 3.63) is 16.3 Å². The first-order valence-electron chi connectivity index (χ1n) is 9.91. The molecule has 0 aromatic carbocycles. The van der Waals surface area contributed by atoms with Crippen LogP contribution in [0.25, 0.3) is 0 Å². The number of carbonyl (C=O) groups excluding carboxylic acids is 1. The van der Waals surface area contributed by atoms with Crippen LogP contribution in [0.2, 0.25) is 0 Å². The van der Waals surface area contributed by atoms with Gasteiger partial charge < -0.3 is 15.5 Å². The molecule has 146 valence electrons. The van der Waals surface area contributed by atoms with Crippen LogP contribution in [0.4, 0.5) is 4.79 Å². The molecular weight excluding hydrogens is 332 g/mol. The van der Waals surface area contributed by atoms with E-state index in [4.69, 9.17) is 0 Å². The van der Waals surface area contributed by atoms with Crippen molar-refractivity contribution < 1.29 is 4.79 Å². The lowest BCUT2D eigenvalue weighted by Gasteiger charge is -2.24. The molecular formula is C18H32N6O2. The Labute approximate surface area is 154 Å². The zero-order valence-corrected chi connectivity index (χ0v) is 16.0. The van der Waals surface area contributed by atoms with Gasteiger partial charge in [0.15, 0.2) is 0 Å². The zero-order chi connectivity index (χ0) is 18.5. The molecule has 1 aromatic rings. The van der Waals surface area contributed by atoms with E-state index in [1.54, 1.807) is 9.25 Å². The lowest BCUT2D eigenvalue weighted by molar-refractivity contribution is 0.227. The lowest BCUT2D eigenvalue weighted by Crippen LogP contribution is -2.47. The monoisotopic (exact) mass is 364 g/mol. The average Bonchev–Trinajstić information content (AvgIpc) is 2.77. The van der Waals surface area contributed by atoms with E-state index < -0.39 is 0 Å². The van der Waals surface area contributed by atoms with Gasteiger partial charge in [0, 0.05) is 31.6 Å². The Morgan fingerprint density at radius 3 is 2.50 bits per heavy atom. The van der Waals surface area contributed by atoms with Crippen molar-refractivity contribution in [1.29, 1.82) is 0 Å². The van der Waals surface area contributed by atoms with Crippen LogP contribution in [0.5, 0.6) is 0 Å². The molecule has 1 aromatic heterocycles. The third-order valence-electron chi connectivity index (χ3n) is 5.45. The van der Waals surface area contributed by atoms with E-state index in [9.17, 15) is 9.59 Å². The van der Waals surface area contributed by atoms with E-state index in [2.05, 4.69) is 15.7 Å². The van der Waals surface area contributed by atoms with Gasteiger partial charge in [0.2, 0.25) is 0 Å². The molecule has 3 rings (SSSR count). The number of hydrogen-bond donors (Lipinski definition) is 2. The number of nitrogens with zero attached hydrogens (tertiary/aromatic N) is 4. The van der Waals surface area contributed by atoms with E-state index >= 15 is 0 Å². The van der Waals surface area contributed by atoms with Crippen molar-refractivity contribution in [1.82, 2.24) is 29.9 Å². The molecule has 0 bridgehead atoms. The Bertz CT molecular complexity index is 659. The zero-order valence-electron chi connectivity index (χ0n) is 16.0. The maximum atomic E-state index is 12.5. The molecule has 0 saturated heterocycles. The highest BCUT2D eigenvalue weighted by Crippen LogP contribution is 2.17. The quantitative estimate of drug-likeness (QED) is 0.815. The average molecular weight is 364 g/mol. The number of nitrogens with one attached hydrogen (secondary N) is 2. The summed E-state index contributed by atoms with van der Waals surface area (Å²) in [5.74, 6) is 0.839. The van der Waals surface area contributed by atoms with Gasteiger partial charge in [-0.05, 0) is 39.8 Å². The van der Waals surface area contributed by atoms with Crippen LogP contribution in [0.15, 0.2) is 4.79 Å². The summed E-state index contributed by atoms with van der Waals surface area (Å²) >= 11 is 0. The molecule has 1 aliphatic heterocycles. The van der Waals surface area contributed by atoms with Crippen molar-refractivity contribution in [2.24, 2.45) is 0 Å². The van der Waals surface area contributed by atoms with Crippen LogP contribution in [0, 0.1) is 0 Å². The van der Waals surface area contributed by atoms with Crippen LogP contribution in [-0.2, 0) is 19.5 Å². The van der Waals surface area contributed by atoms with Gasteiger partial charge in [-0.3, -0.25) is 4.57 Å². The second-order valence-corrected chi connectivity index (χ2v) is 7.85. The first-order chi connectivity index (χ1) is 12.5. The summed E-state index contributed by atoms with van der Waals surface area (Å²) in [7, 11) is 3.97. The van der Waals surface area contributed by atoms with E-state index in [1.165, 1.54) is 19.3 Å². The van der Waals surface area contributed by atoms with Gasteiger partial charge in [0.05, 0.1) is 6.54 Å². The van der Waals surface area contributed by atoms with Crippen LogP contribution in [0.3, 0.4) is 0 Å². The van der Waals surface area contributed by atoms with Crippen molar-refractivity contribution in [3.8, 4) is 0 Å².